The maximum atomic E-state index is 13.3. The van der Waals surface area contributed by atoms with Crippen LogP contribution >= 0.6 is 0 Å². The summed E-state index contributed by atoms with van der Waals surface area (Å²) in [6, 6.07) is 15.4. The lowest BCUT2D eigenvalue weighted by Gasteiger charge is -2.23. The molecule has 5 heteroatoms. The molecule has 0 unspecified atom stereocenters. The van der Waals surface area contributed by atoms with Crippen molar-refractivity contribution in [2.75, 3.05) is 30.9 Å². The number of pyridine rings is 1. The molecule has 0 N–H and O–H groups in total. The predicted octanol–water partition coefficient (Wildman–Crippen LogP) is 4.24. The molecule has 0 radical (unpaired) electrons. The maximum absolute atomic E-state index is 13.3. The Morgan fingerprint density at radius 2 is 1.79 bits per heavy atom. The minimum Gasteiger partial charge on any atom is -0.377 e. The molecule has 1 heterocycles. The lowest BCUT2D eigenvalue weighted by molar-refractivity contribution is 0.0993. The lowest BCUT2D eigenvalue weighted by atomic mass is 10.0. The number of carbonyl (C=O) groups is 1. The topological polar surface area (TPSA) is 45.6 Å². The van der Waals surface area contributed by atoms with E-state index in [-0.39, 0.29) is 11.5 Å². The number of para-hydroxylation sites is 1. The summed E-state index contributed by atoms with van der Waals surface area (Å²) in [5.41, 5.74) is 4.51. The zero-order chi connectivity index (χ0) is 20.7. The van der Waals surface area contributed by atoms with Gasteiger partial charge in [-0.05, 0) is 61.6 Å². The molecule has 1 saturated carbocycles. The quantitative estimate of drug-likeness (QED) is 0.656. The summed E-state index contributed by atoms with van der Waals surface area (Å²) in [6.45, 7) is 2.62. The molecule has 1 amide bonds. The van der Waals surface area contributed by atoms with E-state index < -0.39 is 0 Å². The van der Waals surface area contributed by atoms with Gasteiger partial charge in [-0.3, -0.25) is 9.59 Å². The van der Waals surface area contributed by atoms with Crippen LogP contribution in [0.5, 0.6) is 0 Å². The van der Waals surface area contributed by atoms with Crippen molar-refractivity contribution >= 4 is 28.2 Å². The van der Waals surface area contributed by atoms with Crippen LogP contribution in [-0.2, 0) is 6.54 Å². The van der Waals surface area contributed by atoms with Gasteiger partial charge in [0.1, 0.15) is 0 Å². The first-order valence-electron chi connectivity index (χ1n) is 10.1. The number of amides is 1. The smallest absolute Gasteiger partial charge is 0.260 e. The van der Waals surface area contributed by atoms with E-state index in [4.69, 9.17) is 0 Å². The summed E-state index contributed by atoms with van der Waals surface area (Å²) in [6.07, 6.45) is 2.25. The summed E-state index contributed by atoms with van der Waals surface area (Å²) >= 11 is 0. The number of rotatable bonds is 5. The van der Waals surface area contributed by atoms with Crippen molar-refractivity contribution in [3.63, 3.8) is 0 Å². The Morgan fingerprint density at radius 3 is 2.45 bits per heavy atom. The Morgan fingerprint density at radius 1 is 1.07 bits per heavy atom. The molecule has 1 fully saturated rings. The summed E-state index contributed by atoms with van der Waals surface area (Å²) in [5, 5.41) is 1.08. The second-order valence-electron chi connectivity index (χ2n) is 7.93. The van der Waals surface area contributed by atoms with E-state index in [9.17, 15) is 9.59 Å². The van der Waals surface area contributed by atoms with E-state index >= 15 is 0 Å². The number of anilines is 2. The lowest BCUT2D eigenvalue weighted by Crippen LogP contribution is -2.28. The molecule has 150 valence electrons. The van der Waals surface area contributed by atoms with Crippen LogP contribution in [0.4, 0.5) is 11.4 Å². The van der Waals surface area contributed by atoms with Crippen molar-refractivity contribution in [3.8, 4) is 0 Å². The zero-order valence-corrected chi connectivity index (χ0v) is 17.5. The van der Waals surface area contributed by atoms with Crippen LogP contribution in [0.1, 0.15) is 41.6 Å². The Labute approximate surface area is 171 Å². The van der Waals surface area contributed by atoms with Crippen molar-refractivity contribution in [2.24, 2.45) is 0 Å². The third kappa shape index (κ3) is 3.41. The SMILES string of the molecule is CCn1c(=O)cc(C2CC2)c2cc(N(C)C(=O)c3ccccc3N(C)C)ccc21. The van der Waals surface area contributed by atoms with Gasteiger partial charge >= 0.3 is 0 Å². The summed E-state index contributed by atoms with van der Waals surface area (Å²) in [7, 11) is 5.69. The third-order valence-electron chi connectivity index (χ3n) is 5.77. The molecule has 4 rings (SSSR count). The van der Waals surface area contributed by atoms with E-state index in [0.29, 0.717) is 18.0 Å². The second kappa shape index (κ2) is 7.39. The number of nitrogens with zero attached hydrogens (tertiary/aromatic N) is 3. The average molecular weight is 389 g/mol. The second-order valence-corrected chi connectivity index (χ2v) is 7.93. The van der Waals surface area contributed by atoms with Crippen LogP contribution in [0, 0.1) is 0 Å². The molecule has 1 aliphatic carbocycles. The van der Waals surface area contributed by atoms with Gasteiger partial charge in [0.15, 0.2) is 0 Å². The monoisotopic (exact) mass is 389 g/mol. The average Bonchev–Trinajstić information content (AvgIpc) is 3.57. The van der Waals surface area contributed by atoms with E-state index in [1.165, 1.54) is 0 Å². The molecule has 0 spiro atoms. The molecule has 0 saturated heterocycles. The van der Waals surface area contributed by atoms with Crippen molar-refractivity contribution in [1.82, 2.24) is 4.57 Å². The number of hydrogen-bond acceptors (Lipinski definition) is 3. The van der Waals surface area contributed by atoms with E-state index in [1.54, 1.807) is 15.5 Å². The van der Waals surface area contributed by atoms with Gasteiger partial charge in [0.25, 0.3) is 11.5 Å². The first kappa shape index (κ1) is 19.2. The molecular weight excluding hydrogens is 362 g/mol. The van der Waals surface area contributed by atoms with Crippen LogP contribution in [0.25, 0.3) is 10.9 Å². The summed E-state index contributed by atoms with van der Waals surface area (Å²) in [4.78, 5) is 29.4. The van der Waals surface area contributed by atoms with Gasteiger partial charge in [0.05, 0.1) is 11.1 Å². The highest BCUT2D eigenvalue weighted by Crippen LogP contribution is 2.43. The summed E-state index contributed by atoms with van der Waals surface area (Å²) in [5.74, 6) is 0.410. The molecule has 0 atom stereocenters. The van der Waals surface area contributed by atoms with Gasteiger partial charge in [0.2, 0.25) is 0 Å². The molecule has 2 aromatic carbocycles. The molecule has 0 bridgehead atoms. The van der Waals surface area contributed by atoms with Crippen LogP contribution in [0.2, 0.25) is 0 Å². The number of hydrogen-bond donors (Lipinski definition) is 0. The van der Waals surface area contributed by atoms with E-state index in [0.717, 1.165) is 40.7 Å². The first-order chi connectivity index (χ1) is 13.9. The molecule has 1 aliphatic rings. The largest absolute Gasteiger partial charge is 0.377 e. The van der Waals surface area contributed by atoms with E-state index in [2.05, 4.69) is 6.07 Å². The highest BCUT2D eigenvalue weighted by Gasteiger charge is 2.27. The van der Waals surface area contributed by atoms with Gasteiger partial charge in [-0.15, -0.1) is 0 Å². The number of aromatic nitrogens is 1. The van der Waals surface area contributed by atoms with Crippen molar-refractivity contribution < 1.29 is 4.79 Å². The van der Waals surface area contributed by atoms with Gasteiger partial charge in [-0.25, -0.2) is 0 Å². The van der Waals surface area contributed by atoms with Gasteiger partial charge in [-0.1, -0.05) is 12.1 Å². The van der Waals surface area contributed by atoms with Crippen molar-refractivity contribution in [1.29, 1.82) is 0 Å². The number of benzene rings is 2. The normalized spacial score (nSPS) is 13.5. The predicted molar refractivity (Wildman–Crippen MR) is 119 cm³/mol. The Bertz CT molecular complexity index is 1140. The number of fused-ring (bicyclic) bond motifs is 1. The molecule has 5 nitrogen and oxygen atoms in total. The first-order valence-corrected chi connectivity index (χ1v) is 10.1. The molecular formula is C24H27N3O2. The standard InChI is InChI=1S/C24H27N3O2/c1-5-27-22-13-12-17(14-20(22)19(15-23(27)28)16-10-11-16)26(4)24(29)18-8-6-7-9-21(18)25(2)3/h6-9,12-16H,5,10-11H2,1-4H3. The van der Waals surface area contributed by atoms with Crippen molar-refractivity contribution in [2.45, 2.75) is 32.2 Å². The fourth-order valence-electron chi connectivity index (χ4n) is 4.01. The van der Waals surface area contributed by atoms with Gasteiger partial charge in [-0.2, -0.15) is 0 Å². The maximum Gasteiger partial charge on any atom is 0.260 e. The fourth-order valence-corrected chi connectivity index (χ4v) is 4.01. The van der Waals surface area contributed by atoms with Crippen LogP contribution in [-0.4, -0.2) is 31.6 Å². The Hall–Kier alpha value is -3.08. The molecule has 1 aromatic heterocycles. The van der Waals surface area contributed by atoms with Crippen LogP contribution in [0.3, 0.4) is 0 Å². The Kier molecular flexibility index (Phi) is 4.91. The van der Waals surface area contributed by atoms with E-state index in [1.807, 2.05) is 69.4 Å². The fraction of sp³-hybridized carbons (Fsp3) is 0.333. The number of carbonyl (C=O) groups excluding carboxylic acids is 1. The van der Waals surface area contributed by atoms with Crippen LogP contribution < -0.4 is 15.4 Å². The molecule has 3 aromatic rings. The molecule has 29 heavy (non-hydrogen) atoms. The number of aryl methyl sites for hydroxylation is 1. The highest BCUT2D eigenvalue weighted by molar-refractivity contribution is 6.10. The van der Waals surface area contributed by atoms with Crippen molar-refractivity contribution in [3.05, 3.63) is 70.0 Å². The third-order valence-corrected chi connectivity index (χ3v) is 5.77. The molecule has 0 aliphatic heterocycles. The van der Waals surface area contributed by atoms with Gasteiger partial charge < -0.3 is 14.4 Å². The van der Waals surface area contributed by atoms with Crippen LogP contribution in [0.15, 0.2) is 53.3 Å². The minimum absolute atomic E-state index is 0.0505. The Balaban J connectivity index is 1.80. The zero-order valence-electron chi connectivity index (χ0n) is 17.5. The summed E-state index contributed by atoms with van der Waals surface area (Å²) < 4.78 is 1.80. The van der Waals surface area contributed by atoms with Gasteiger partial charge in [0, 0.05) is 50.5 Å². The highest BCUT2D eigenvalue weighted by atomic mass is 16.2. The minimum atomic E-state index is -0.0505.